The number of hydrogen-bond donors (Lipinski definition) is 1. The van der Waals surface area contributed by atoms with Crippen molar-refractivity contribution in [3.63, 3.8) is 0 Å². The van der Waals surface area contributed by atoms with Crippen LogP contribution in [0.5, 0.6) is 5.88 Å². The fraction of sp³-hybridized carbons (Fsp3) is 0.500. The molecule has 1 saturated carbocycles. The maximum absolute atomic E-state index is 13.8. The van der Waals surface area contributed by atoms with E-state index >= 15 is 0 Å². The van der Waals surface area contributed by atoms with Crippen LogP contribution >= 0.6 is 0 Å². The predicted molar refractivity (Wildman–Crippen MR) is 162 cm³/mol. The largest absolute Gasteiger partial charge is 0.482 e. The van der Waals surface area contributed by atoms with Gasteiger partial charge in [0.1, 0.15) is 22.8 Å². The Morgan fingerprint density at radius 3 is 2.66 bits per heavy atom. The number of ether oxygens (including phenoxy) is 1. The first-order valence-corrected chi connectivity index (χ1v) is 16.8. The van der Waals surface area contributed by atoms with Gasteiger partial charge in [0.25, 0.3) is 5.91 Å². The Morgan fingerprint density at radius 2 is 1.95 bits per heavy atom. The van der Waals surface area contributed by atoms with Gasteiger partial charge in [-0.15, -0.1) is 0 Å². The Bertz CT molecular complexity index is 1890. The lowest BCUT2D eigenvalue weighted by atomic mass is 9.99. The van der Waals surface area contributed by atoms with Crippen molar-refractivity contribution in [3.8, 4) is 17.3 Å². The molecule has 2 atom stereocenters. The number of hydrogen-bond acceptors (Lipinski definition) is 7. The molecule has 11 nitrogen and oxygen atoms in total. The Balaban J connectivity index is 1.33. The van der Waals surface area contributed by atoms with Crippen molar-refractivity contribution in [1.29, 1.82) is 0 Å². The highest BCUT2D eigenvalue weighted by Gasteiger charge is 2.39. The van der Waals surface area contributed by atoms with Gasteiger partial charge in [0.05, 0.1) is 24.8 Å². The van der Waals surface area contributed by atoms with E-state index in [0.29, 0.717) is 58.9 Å². The molecule has 6 heterocycles. The monoisotopic (exact) mass is 627 g/mol. The van der Waals surface area contributed by atoms with Gasteiger partial charge in [0.2, 0.25) is 10.0 Å². The van der Waals surface area contributed by atoms with Crippen LogP contribution in [-0.4, -0.2) is 83.2 Å². The highest BCUT2D eigenvalue weighted by molar-refractivity contribution is 7.92. The maximum Gasteiger partial charge on any atom is 0.329 e. The van der Waals surface area contributed by atoms with Gasteiger partial charge in [-0.25, -0.2) is 18.4 Å². The molecule has 44 heavy (non-hydrogen) atoms. The molecule has 3 aliphatic rings. The molecule has 1 N–H and O–H groups in total. The summed E-state index contributed by atoms with van der Waals surface area (Å²) in [5.74, 6) is 0.486. The van der Waals surface area contributed by atoms with Crippen LogP contribution in [0.2, 0.25) is 0 Å². The van der Waals surface area contributed by atoms with Crippen molar-refractivity contribution in [2.75, 3.05) is 30.8 Å². The third-order valence-corrected chi connectivity index (χ3v) is 10.2. The van der Waals surface area contributed by atoms with Crippen molar-refractivity contribution < 1.29 is 26.7 Å². The van der Waals surface area contributed by atoms with Crippen LogP contribution in [0.4, 0.5) is 14.6 Å². The van der Waals surface area contributed by atoms with Crippen molar-refractivity contribution in [2.24, 2.45) is 5.92 Å². The number of sulfonamides is 1. The minimum absolute atomic E-state index is 0.0338. The number of halogens is 2. The average molecular weight is 628 g/mol. The number of aromatic nitrogens is 4. The summed E-state index contributed by atoms with van der Waals surface area (Å²) in [4.78, 5) is 25.2. The lowest BCUT2D eigenvalue weighted by molar-refractivity contribution is 0.0705. The Labute approximate surface area is 253 Å². The highest BCUT2D eigenvalue weighted by atomic mass is 32.2. The van der Waals surface area contributed by atoms with E-state index < -0.39 is 16.6 Å². The number of carbonyl (C=O) groups is 1. The first-order chi connectivity index (χ1) is 21.0. The van der Waals surface area contributed by atoms with E-state index in [9.17, 15) is 22.0 Å². The second-order valence-corrected chi connectivity index (χ2v) is 13.9. The first-order valence-electron chi connectivity index (χ1n) is 14.9. The molecule has 0 unspecified atom stereocenters. The van der Waals surface area contributed by atoms with Gasteiger partial charge in [-0.1, -0.05) is 0 Å². The van der Waals surface area contributed by atoms with E-state index in [0.717, 1.165) is 56.3 Å². The number of amides is 1. The van der Waals surface area contributed by atoms with Crippen LogP contribution in [0.1, 0.15) is 48.2 Å². The average Bonchev–Trinajstić information content (AvgIpc) is 3.45. The van der Waals surface area contributed by atoms with Crippen molar-refractivity contribution in [1.82, 2.24) is 29.2 Å². The number of aryl methyl sites for hydroxylation is 1. The SMILES string of the molecule is COc1cc(C(=O)N2CC[C@H]3NCCC[C@H]32)cc2nc(-c3cc4ccc(N(C(F)F)S(C)(=O)=O)nc4n3CC3CC3)c(C)n12. The lowest BCUT2D eigenvalue weighted by Crippen LogP contribution is -2.48. The molecule has 0 bridgehead atoms. The number of fused-ring (bicyclic) bond motifs is 3. The number of likely N-dealkylation sites (tertiary alicyclic amines) is 1. The number of nitrogens with zero attached hydrogens (tertiary/aromatic N) is 6. The molecule has 0 spiro atoms. The lowest BCUT2D eigenvalue weighted by Gasteiger charge is -2.32. The second kappa shape index (κ2) is 10.7. The number of pyridine rings is 2. The Morgan fingerprint density at radius 1 is 1.16 bits per heavy atom. The van der Waals surface area contributed by atoms with Gasteiger partial charge in [0.15, 0.2) is 5.88 Å². The van der Waals surface area contributed by atoms with Crippen molar-refractivity contribution in [3.05, 3.63) is 41.6 Å². The zero-order chi connectivity index (χ0) is 30.9. The first kappa shape index (κ1) is 29.0. The van der Waals surface area contributed by atoms with Gasteiger partial charge in [0, 0.05) is 42.2 Å². The summed E-state index contributed by atoms with van der Waals surface area (Å²) in [5.41, 5.74) is 3.61. The van der Waals surface area contributed by atoms with Crippen LogP contribution in [0.3, 0.4) is 0 Å². The number of alkyl halides is 2. The number of imidazole rings is 1. The van der Waals surface area contributed by atoms with E-state index in [1.165, 1.54) is 6.07 Å². The fourth-order valence-corrected chi connectivity index (χ4v) is 7.58. The molecule has 14 heteroatoms. The third kappa shape index (κ3) is 4.87. The molecule has 0 radical (unpaired) electrons. The second-order valence-electron chi connectivity index (χ2n) is 12.1. The van der Waals surface area contributed by atoms with Crippen LogP contribution in [0.15, 0.2) is 30.3 Å². The Hall–Kier alpha value is -3.78. The minimum Gasteiger partial charge on any atom is -0.482 e. The zero-order valence-electron chi connectivity index (χ0n) is 24.8. The van der Waals surface area contributed by atoms with E-state index in [1.807, 2.05) is 26.9 Å². The quantitative estimate of drug-likeness (QED) is 0.294. The zero-order valence-corrected chi connectivity index (χ0v) is 25.6. The minimum atomic E-state index is -4.26. The molecule has 4 aromatic heterocycles. The van der Waals surface area contributed by atoms with Crippen LogP contribution in [0, 0.1) is 12.8 Å². The fourth-order valence-electron chi connectivity index (χ4n) is 6.85. The van der Waals surface area contributed by atoms with Crippen LogP contribution in [-0.2, 0) is 16.6 Å². The number of carbonyl (C=O) groups excluding carboxylic acids is 1. The van der Waals surface area contributed by atoms with Gasteiger partial charge >= 0.3 is 6.55 Å². The molecule has 0 aromatic carbocycles. The summed E-state index contributed by atoms with van der Waals surface area (Å²) in [7, 11) is -2.70. The number of nitrogens with one attached hydrogen (secondary N) is 1. The molecule has 2 saturated heterocycles. The highest BCUT2D eigenvalue weighted by Crippen LogP contribution is 2.38. The van der Waals surface area contributed by atoms with Crippen molar-refractivity contribution in [2.45, 2.75) is 64.2 Å². The molecule has 1 aliphatic carbocycles. The molecule has 3 fully saturated rings. The number of piperidine rings is 1. The van der Waals surface area contributed by atoms with Gasteiger partial charge in [-0.2, -0.15) is 13.1 Å². The smallest absolute Gasteiger partial charge is 0.329 e. The molecular weight excluding hydrogens is 592 g/mol. The van der Waals surface area contributed by atoms with Crippen LogP contribution in [0.25, 0.3) is 28.1 Å². The molecule has 1 amide bonds. The molecule has 2 aliphatic heterocycles. The van der Waals surface area contributed by atoms with E-state index in [4.69, 9.17) is 9.72 Å². The van der Waals surface area contributed by atoms with E-state index in [1.54, 1.807) is 25.3 Å². The van der Waals surface area contributed by atoms with Gasteiger partial charge < -0.3 is 19.5 Å². The maximum atomic E-state index is 13.8. The molecule has 7 rings (SSSR count). The number of rotatable bonds is 8. The summed E-state index contributed by atoms with van der Waals surface area (Å²) in [6, 6.07) is 8.85. The summed E-state index contributed by atoms with van der Waals surface area (Å²) >= 11 is 0. The molecule has 234 valence electrons. The predicted octanol–water partition coefficient (Wildman–Crippen LogP) is 4.03. The van der Waals surface area contributed by atoms with Crippen LogP contribution < -0.4 is 14.4 Å². The number of anilines is 1. The summed E-state index contributed by atoms with van der Waals surface area (Å²) < 4.78 is 61.6. The molecular formula is C30H35F2N7O4S. The van der Waals surface area contributed by atoms with E-state index in [-0.39, 0.29) is 22.1 Å². The van der Waals surface area contributed by atoms with Gasteiger partial charge in [-0.3, -0.25) is 9.20 Å². The summed E-state index contributed by atoms with van der Waals surface area (Å²) in [5, 5.41) is 4.22. The summed E-state index contributed by atoms with van der Waals surface area (Å²) in [6.07, 6.45) is 5.75. The van der Waals surface area contributed by atoms with Gasteiger partial charge in [-0.05, 0) is 75.8 Å². The normalized spacial score (nSPS) is 20.5. The molecule has 4 aromatic rings. The van der Waals surface area contributed by atoms with Crippen molar-refractivity contribution >= 4 is 38.4 Å². The Kier molecular flexibility index (Phi) is 7.03. The number of methoxy groups -OCH3 is 1. The standard InChI is InChI=1S/C30H35F2N7O4S/c1-17-27(23-13-19-8-9-24(39(30(31)32)44(3,41)42)35-28(19)37(23)16-18-6-7-18)34-25-14-20(15-26(43-2)38(17)25)29(40)36-12-10-21-22(36)5-4-11-33-21/h8-9,13-15,18,21-22,30,33H,4-7,10-12,16H2,1-3H3/t21-,22-/m1/s1. The third-order valence-electron chi connectivity index (χ3n) is 9.13. The topological polar surface area (TPSA) is 114 Å². The summed E-state index contributed by atoms with van der Waals surface area (Å²) in [6.45, 7) is 0.912. The van der Waals surface area contributed by atoms with E-state index in [2.05, 4.69) is 10.3 Å².